The number of rotatable bonds is 27. The van der Waals surface area contributed by atoms with Crippen LogP contribution in [-0.4, -0.2) is 59.7 Å². The maximum atomic E-state index is 13.3. The number of hydrogen-bond acceptors (Lipinski definition) is 6. The van der Waals surface area contributed by atoms with Crippen LogP contribution in [0.15, 0.2) is 0 Å². The van der Waals surface area contributed by atoms with Crippen LogP contribution in [-0.2, 0) is 14.4 Å². The molecule has 3 atom stereocenters. The maximum Gasteiger partial charge on any atom is 0.231 e. The lowest BCUT2D eigenvalue weighted by Crippen LogP contribution is -2.38. The van der Waals surface area contributed by atoms with E-state index >= 15 is 0 Å². The first-order valence-corrected chi connectivity index (χ1v) is 18.5. The van der Waals surface area contributed by atoms with E-state index < -0.39 is 5.92 Å². The van der Waals surface area contributed by atoms with Gasteiger partial charge < -0.3 is 10.2 Å². The molecular formula is C33H64N2O3S2. The number of nitrogens with one attached hydrogen (secondary N) is 1. The highest BCUT2D eigenvalue weighted by Crippen LogP contribution is 2.27. The highest BCUT2D eigenvalue weighted by atomic mass is 32.2. The van der Waals surface area contributed by atoms with Gasteiger partial charge in [-0.05, 0) is 45.7 Å². The van der Waals surface area contributed by atoms with Gasteiger partial charge in [0.2, 0.25) is 11.0 Å². The minimum Gasteiger partial charge on any atom is -0.354 e. The zero-order valence-electron chi connectivity index (χ0n) is 27.1. The first-order valence-electron chi connectivity index (χ1n) is 16.6. The molecule has 0 radical (unpaired) electrons. The highest BCUT2D eigenvalue weighted by molar-refractivity contribution is 8.14. The van der Waals surface area contributed by atoms with Gasteiger partial charge in [-0.15, -0.1) is 0 Å². The van der Waals surface area contributed by atoms with Crippen molar-refractivity contribution in [1.29, 1.82) is 0 Å². The van der Waals surface area contributed by atoms with E-state index in [1.165, 1.54) is 81.3 Å². The summed E-state index contributed by atoms with van der Waals surface area (Å²) in [7, 11) is 3.94. The quantitative estimate of drug-likeness (QED) is 0.0751. The Bertz CT molecular complexity index is 645. The van der Waals surface area contributed by atoms with E-state index in [0.29, 0.717) is 24.6 Å². The fourth-order valence-electron chi connectivity index (χ4n) is 4.84. The lowest BCUT2D eigenvalue weighted by Gasteiger charge is -2.19. The van der Waals surface area contributed by atoms with Crippen molar-refractivity contribution in [2.75, 3.05) is 38.7 Å². The number of carbonyl (C=O) groups is 3. The van der Waals surface area contributed by atoms with Crippen molar-refractivity contribution in [3.8, 4) is 0 Å². The molecule has 40 heavy (non-hydrogen) atoms. The molecule has 1 amide bonds. The lowest BCUT2D eigenvalue weighted by molar-refractivity contribution is -0.130. The van der Waals surface area contributed by atoms with Crippen LogP contribution in [0, 0.1) is 17.8 Å². The van der Waals surface area contributed by atoms with Crippen LogP contribution in [0.4, 0.5) is 0 Å². The smallest absolute Gasteiger partial charge is 0.231 e. The third-order valence-electron chi connectivity index (χ3n) is 7.76. The molecule has 0 aromatic heterocycles. The molecule has 1 N–H and O–H groups in total. The molecule has 236 valence electrons. The molecule has 0 aliphatic heterocycles. The average molecular weight is 601 g/mol. The molecule has 3 unspecified atom stereocenters. The third kappa shape index (κ3) is 21.2. The van der Waals surface area contributed by atoms with Crippen molar-refractivity contribution in [3.05, 3.63) is 0 Å². The average Bonchev–Trinajstić information content (AvgIpc) is 2.93. The summed E-state index contributed by atoms with van der Waals surface area (Å²) in [4.78, 5) is 41.6. The largest absolute Gasteiger partial charge is 0.354 e. The molecule has 0 aliphatic carbocycles. The molecule has 0 heterocycles. The van der Waals surface area contributed by atoms with Crippen molar-refractivity contribution in [2.24, 2.45) is 17.8 Å². The van der Waals surface area contributed by atoms with Crippen molar-refractivity contribution in [3.63, 3.8) is 0 Å². The summed E-state index contributed by atoms with van der Waals surface area (Å²) in [6.45, 7) is 10.1. The zero-order valence-corrected chi connectivity index (χ0v) is 28.7. The van der Waals surface area contributed by atoms with E-state index in [2.05, 4.69) is 33.0 Å². The molecule has 0 aromatic rings. The Hall–Kier alpha value is -0.530. The predicted molar refractivity (Wildman–Crippen MR) is 178 cm³/mol. The Kier molecular flexibility index (Phi) is 27.0. The fraction of sp³-hybridized carbons (Fsp3) is 0.909. The standard InChI is InChI=1S/C33H64N2O3S2/c1-7-11-14-16-17-19-22-29(21-18-15-12-8-2)32(37)39-26-23-30(31(36)34-24-25-35(5)6)33(38)40-27-28(10-4)20-13-9-3/h28-30H,7-27H2,1-6H3,(H,34,36). The summed E-state index contributed by atoms with van der Waals surface area (Å²) in [6, 6.07) is 0. The van der Waals surface area contributed by atoms with Gasteiger partial charge in [0, 0.05) is 30.5 Å². The molecule has 0 spiro atoms. The van der Waals surface area contributed by atoms with Crippen molar-refractivity contribution < 1.29 is 14.4 Å². The topological polar surface area (TPSA) is 66.5 Å². The number of unbranched alkanes of at least 4 members (excludes halogenated alkanes) is 9. The Morgan fingerprint density at radius 2 is 1.25 bits per heavy atom. The van der Waals surface area contributed by atoms with E-state index in [4.69, 9.17) is 0 Å². The maximum absolute atomic E-state index is 13.3. The van der Waals surface area contributed by atoms with Crippen LogP contribution in [0.1, 0.15) is 137 Å². The minimum atomic E-state index is -0.683. The summed E-state index contributed by atoms with van der Waals surface area (Å²) in [6.07, 6.45) is 19.1. The van der Waals surface area contributed by atoms with Crippen LogP contribution >= 0.6 is 23.5 Å². The molecular weight excluding hydrogens is 537 g/mol. The number of carbonyl (C=O) groups excluding carboxylic acids is 3. The molecule has 0 aromatic carbocycles. The number of nitrogens with zero attached hydrogens (tertiary/aromatic N) is 1. The Morgan fingerprint density at radius 1 is 0.675 bits per heavy atom. The molecule has 0 rings (SSSR count). The van der Waals surface area contributed by atoms with Gasteiger partial charge in [0.05, 0.1) is 0 Å². The number of amides is 1. The second-order valence-electron chi connectivity index (χ2n) is 11.8. The van der Waals surface area contributed by atoms with Crippen LogP contribution < -0.4 is 5.32 Å². The van der Waals surface area contributed by atoms with E-state index in [0.717, 1.165) is 57.2 Å². The summed E-state index contributed by atoms with van der Waals surface area (Å²) >= 11 is 2.69. The SMILES string of the molecule is CCCCCCCCC(CCCCCC)C(=O)SCCC(C(=O)NCCN(C)C)C(=O)SCC(CC)CCCC. The molecule has 0 fully saturated rings. The monoisotopic (exact) mass is 600 g/mol. The summed E-state index contributed by atoms with van der Waals surface area (Å²) < 4.78 is 0. The normalized spacial score (nSPS) is 13.8. The lowest BCUT2D eigenvalue weighted by atomic mass is 9.95. The van der Waals surface area contributed by atoms with Gasteiger partial charge in [-0.3, -0.25) is 14.4 Å². The van der Waals surface area contributed by atoms with E-state index in [1.54, 1.807) is 0 Å². The number of likely N-dealkylation sites (N-methyl/N-ethyl adjacent to an activating group) is 1. The van der Waals surface area contributed by atoms with Crippen molar-refractivity contribution in [1.82, 2.24) is 10.2 Å². The molecule has 0 saturated carbocycles. The molecule has 5 nitrogen and oxygen atoms in total. The van der Waals surface area contributed by atoms with Crippen LogP contribution in [0.2, 0.25) is 0 Å². The first-order chi connectivity index (χ1) is 19.3. The summed E-state index contributed by atoms with van der Waals surface area (Å²) in [5, 5.41) is 3.20. The van der Waals surface area contributed by atoms with Gasteiger partial charge in [-0.2, -0.15) is 0 Å². The second kappa shape index (κ2) is 27.3. The Labute approximate surface area is 256 Å². The molecule has 7 heteroatoms. The van der Waals surface area contributed by atoms with Gasteiger partial charge in [-0.25, -0.2) is 0 Å². The van der Waals surface area contributed by atoms with E-state index in [9.17, 15) is 14.4 Å². The van der Waals surface area contributed by atoms with Gasteiger partial charge >= 0.3 is 0 Å². The van der Waals surface area contributed by atoms with Crippen molar-refractivity contribution in [2.45, 2.75) is 137 Å². The van der Waals surface area contributed by atoms with Gasteiger partial charge in [0.1, 0.15) is 5.92 Å². The first kappa shape index (κ1) is 39.5. The molecule has 0 aliphatic rings. The minimum absolute atomic E-state index is 0.0338. The van der Waals surface area contributed by atoms with Crippen molar-refractivity contribution >= 4 is 39.7 Å². The molecule has 0 saturated heterocycles. The Morgan fingerprint density at radius 3 is 1.82 bits per heavy atom. The van der Waals surface area contributed by atoms with E-state index in [1.807, 2.05) is 19.0 Å². The third-order valence-corrected chi connectivity index (χ3v) is 10.0. The van der Waals surface area contributed by atoms with Crippen LogP contribution in [0.25, 0.3) is 0 Å². The van der Waals surface area contributed by atoms with Crippen LogP contribution in [0.5, 0.6) is 0 Å². The fourth-order valence-corrected chi connectivity index (χ4v) is 7.10. The van der Waals surface area contributed by atoms with E-state index in [-0.39, 0.29) is 22.1 Å². The van der Waals surface area contributed by atoms with Gasteiger partial charge in [-0.1, -0.05) is 135 Å². The Balaban J connectivity index is 5.05. The van der Waals surface area contributed by atoms with Gasteiger partial charge in [0.15, 0.2) is 5.12 Å². The number of thioether (sulfide) groups is 2. The van der Waals surface area contributed by atoms with Gasteiger partial charge in [0.25, 0.3) is 0 Å². The zero-order chi connectivity index (χ0) is 30.0. The summed E-state index contributed by atoms with van der Waals surface area (Å²) in [5.74, 6) is 1.06. The summed E-state index contributed by atoms with van der Waals surface area (Å²) in [5.41, 5.74) is 0. The molecule has 0 bridgehead atoms. The number of hydrogen-bond donors (Lipinski definition) is 1. The predicted octanol–water partition coefficient (Wildman–Crippen LogP) is 8.74. The van der Waals surface area contributed by atoms with Crippen LogP contribution in [0.3, 0.4) is 0 Å². The second-order valence-corrected chi connectivity index (χ2v) is 13.9. The highest BCUT2D eigenvalue weighted by Gasteiger charge is 2.28.